The molecule has 3 nitrogen and oxygen atoms in total. The fourth-order valence-corrected chi connectivity index (χ4v) is 1.27. The third-order valence-electron chi connectivity index (χ3n) is 1.77. The number of nitrogens with zero attached hydrogens (tertiary/aromatic N) is 1. The van der Waals surface area contributed by atoms with Crippen LogP contribution in [0.25, 0.3) is 0 Å². The zero-order valence-corrected chi connectivity index (χ0v) is 8.70. The topological polar surface area (TPSA) is 52.8 Å². The molecule has 0 saturated heterocycles. The van der Waals surface area contributed by atoms with Gasteiger partial charge in [-0.05, 0) is 17.7 Å². The zero-order chi connectivity index (χ0) is 10.6. The van der Waals surface area contributed by atoms with Crippen molar-refractivity contribution in [1.29, 1.82) is 0 Å². The van der Waals surface area contributed by atoms with Crippen LogP contribution in [0.1, 0.15) is 11.7 Å². The molecule has 0 saturated carbocycles. The second kappa shape index (κ2) is 5.32. The van der Waals surface area contributed by atoms with Crippen LogP contribution in [0.15, 0.2) is 28.8 Å². The van der Waals surface area contributed by atoms with Gasteiger partial charge in [-0.2, -0.15) is 4.51 Å². The highest BCUT2D eigenvalue weighted by Gasteiger charge is 2.13. The van der Waals surface area contributed by atoms with E-state index in [4.69, 9.17) is 28.5 Å². The summed E-state index contributed by atoms with van der Waals surface area (Å²) in [5.74, 6) is 0. The molecule has 0 heterocycles. The van der Waals surface area contributed by atoms with Crippen molar-refractivity contribution in [1.82, 2.24) is 0 Å². The molecule has 1 rings (SSSR count). The van der Waals surface area contributed by atoms with Gasteiger partial charge >= 0.3 is 0 Å². The molecule has 5 heteroatoms. The van der Waals surface area contributed by atoms with Crippen LogP contribution in [0.5, 0.6) is 0 Å². The lowest BCUT2D eigenvalue weighted by Crippen LogP contribution is -2.15. The van der Waals surface area contributed by atoms with Crippen molar-refractivity contribution in [2.45, 2.75) is 6.10 Å². The predicted octanol–water partition coefficient (Wildman–Crippen LogP) is 1.96. The van der Waals surface area contributed by atoms with Crippen LogP contribution >= 0.6 is 23.4 Å². The van der Waals surface area contributed by atoms with Crippen molar-refractivity contribution in [2.75, 3.05) is 6.61 Å². The SMILES string of the molecule is OCC(=NCl)[C@H](O)c1ccc(Cl)cc1. The van der Waals surface area contributed by atoms with Crippen LogP contribution in [0.3, 0.4) is 0 Å². The summed E-state index contributed by atoms with van der Waals surface area (Å²) < 4.78 is 3.26. The maximum atomic E-state index is 9.65. The molecular weight excluding hydrogens is 225 g/mol. The number of aliphatic hydroxyl groups excluding tert-OH is 2. The molecule has 0 unspecified atom stereocenters. The third-order valence-corrected chi connectivity index (χ3v) is 2.24. The van der Waals surface area contributed by atoms with Crippen LogP contribution in [-0.2, 0) is 0 Å². The summed E-state index contributed by atoms with van der Waals surface area (Å²) in [6, 6.07) is 6.57. The van der Waals surface area contributed by atoms with Gasteiger partial charge in [-0.1, -0.05) is 23.7 Å². The van der Waals surface area contributed by atoms with Crippen molar-refractivity contribution >= 4 is 29.1 Å². The normalized spacial score (nSPS) is 14.1. The fraction of sp³-hybridized carbons (Fsp3) is 0.222. The molecule has 0 amide bonds. The summed E-state index contributed by atoms with van der Waals surface area (Å²) in [5.41, 5.74) is 0.692. The van der Waals surface area contributed by atoms with E-state index in [-0.39, 0.29) is 12.3 Å². The van der Waals surface area contributed by atoms with Gasteiger partial charge < -0.3 is 10.2 Å². The summed E-state index contributed by atoms with van der Waals surface area (Å²) in [4.78, 5) is 0. The predicted molar refractivity (Wildman–Crippen MR) is 56.8 cm³/mol. The smallest absolute Gasteiger partial charge is 0.121 e. The second-order valence-electron chi connectivity index (χ2n) is 2.69. The van der Waals surface area contributed by atoms with E-state index < -0.39 is 6.10 Å². The maximum absolute atomic E-state index is 9.65. The van der Waals surface area contributed by atoms with E-state index in [9.17, 15) is 5.11 Å². The molecule has 14 heavy (non-hydrogen) atoms. The van der Waals surface area contributed by atoms with Gasteiger partial charge in [-0.3, -0.25) is 0 Å². The summed E-state index contributed by atoms with van der Waals surface area (Å²) in [6.07, 6.45) is -0.991. The Balaban J connectivity index is 2.89. The summed E-state index contributed by atoms with van der Waals surface area (Å²) >= 11 is 10.9. The molecule has 0 spiro atoms. The Morgan fingerprint density at radius 2 is 1.93 bits per heavy atom. The maximum Gasteiger partial charge on any atom is 0.121 e. The van der Waals surface area contributed by atoms with Crippen LogP contribution in [0.4, 0.5) is 0 Å². The average molecular weight is 234 g/mol. The first-order chi connectivity index (χ1) is 6.69. The summed E-state index contributed by atoms with van der Waals surface area (Å²) in [7, 11) is 0. The Morgan fingerprint density at radius 1 is 1.36 bits per heavy atom. The first-order valence-electron chi connectivity index (χ1n) is 3.91. The van der Waals surface area contributed by atoms with Crippen LogP contribution < -0.4 is 0 Å². The largest absolute Gasteiger partial charge is 0.390 e. The van der Waals surface area contributed by atoms with Crippen LogP contribution in [-0.4, -0.2) is 22.5 Å². The van der Waals surface area contributed by atoms with Crippen molar-refractivity contribution in [2.24, 2.45) is 4.51 Å². The summed E-state index contributed by atoms with van der Waals surface area (Å²) in [5, 5.41) is 19.0. The molecule has 1 aromatic rings. The number of aliphatic hydroxyl groups is 2. The highest BCUT2D eigenvalue weighted by atomic mass is 35.5. The molecule has 0 aliphatic carbocycles. The van der Waals surface area contributed by atoms with Gasteiger partial charge in [-0.25, -0.2) is 0 Å². The molecule has 1 atom stereocenters. The molecular formula is C9H9Cl2NO2. The molecule has 0 bridgehead atoms. The minimum Gasteiger partial charge on any atom is -0.390 e. The molecule has 0 radical (unpaired) electrons. The van der Waals surface area contributed by atoms with E-state index in [0.717, 1.165) is 0 Å². The molecule has 0 aromatic heterocycles. The molecule has 0 aliphatic heterocycles. The van der Waals surface area contributed by atoms with Crippen molar-refractivity contribution < 1.29 is 10.2 Å². The van der Waals surface area contributed by atoms with Crippen molar-refractivity contribution in [3.8, 4) is 0 Å². The Morgan fingerprint density at radius 3 is 2.36 bits per heavy atom. The third kappa shape index (κ3) is 2.69. The van der Waals surface area contributed by atoms with E-state index in [1.165, 1.54) is 0 Å². The first kappa shape index (κ1) is 11.5. The monoisotopic (exact) mass is 233 g/mol. The van der Waals surface area contributed by atoms with E-state index in [1.807, 2.05) is 0 Å². The molecule has 1 aromatic carbocycles. The highest BCUT2D eigenvalue weighted by Crippen LogP contribution is 2.18. The van der Waals surface area contributed by atoms with Crippen LogP contribution in [0.2, 0.25) is 5.02 Å². The van der Waals surface area contributed by atoms with Crippen molar-refractivity contribution in [3.05, 3.63) is 34.9 Å². The van der Waals surface area contributed by atoms with Crippen molar-refractivity contribution in [3.63, 3.8) is 0 Å². The number of rotatable bonds is 3. The fourth-order valence-electron chi connectivity index (χ4n) is 0.997. The van der Waals surface area contributed by atoms with Gasteiger partial charge in [0, 0.05) is 16.8 Å². The quantitative estimate of drug-likeness (QED) is 0.785. The molecule has 0 aliphatic rings. The van der Waals surface area contributed by atoms with Crippen LogP contribution in [0, 0.1) is 0 Å². The Labute approximate surface area is 91.7 Å². The Hall–Kier alpha value is -0.610. The number of benzene rings is 1. The lowest BCUT2D eigenvalue weighted by atomic mass is 10.1. The van der Waals surface area contributed by atoms with Gasteiger partial charge in [0.2, 0.25) is 0 Å². The number of halogens is 2. The van der Waals surface area contributed by atoms with Gasteiger partial charge in [0.25, 0.3) is 0 Å². The van der Waals surface area contributed by atoms with E-state index in [2.05, 4.69) is 4.51 Å². The molecule has 76 valence electrons. The first-order valence-corrected chi connectivity index (χ1v) is 4.62. The van der Waals surface area contributed by atoms with Gasteiger partial charge in [0.15, 0.2) is 0 Å². The molecule has 0 fully saturated rings. The Bertz CT molecular complexity index is 324. The average Bonchev–Trinajstić information content (AvgIpc) is 2.20. The molecule has 2 N–H and O–H groups in total. The van der Waals surface area contributed by atoms with E-state index in [0.29, 0.717) is 10.6 Å². The summed E-state index contributed by atoms with van der Waals surface area (Å²) in [6.45, 7) is -0.382. The minimum atomic E-state index is -0.991. The van der Waals surface area contributed by atoms with Gasteiger partial charge in [0.05, 0.1) is 12.3 Å². The van der Waals surface area contributed by atoms with Gasteiger partial charge in [-0.15, -0.1) is 0 Å². The second-order valence-corrected chi connectivity index (χ2v) is 3.29. The zero-order valence-electron chi connectivity index (χ0n) is 7.19. The minimum absolute atomic E-state index is 0.106. The highest BCUT2D eigenvalue weighted by molar-refractivity contribution is 6.30. The number of hydrogen-bond acceptors (Lipinski definition) is 3. The lowest BCUT2D eigenvalue weighted by Gasteiger charge is -2.10. The van der Waals surface area contributed by atoms with Gasteiger partial charge in [0.1, 0.15) is 6.10 Å². The van der Waals surface area contributed by atoms with E-state index >= 15 is 0 Å². The lowest BCUT2D eigenvalue weighted by molar-refractivity contribution is 0.233. The Kier molecular flexibility index (Phi) is 4.35. The standard InChI is InChI=1S/C9H9Cl2NO2/c10-7-3-1-6(2-4-7)9(14)8(5-13)12-11/h1-4,9,13-14H,5H2/t9-/m1/s1. The van der Waals surface area contributed by atoms with E-state index in [1.54, 1.807) is 24.3 Å². The number of hydrogen-bond donors (Lipinski definition) is 2.